The van der Waals surface area contributed by atoms with Gasteiger partial charge in [-0.15, -0.1) is 0 Å². The van der Waals surface area contributed by atoms with Gasteiger partial charge in [0.1, 0.15) is 18.2 Å². The number of benzene rings is 2. The van der Waals surface area contributed by atoms with E-state index in [0.29, 0.717) is 0 Å². The highest BCUT2D eigenvalue weighted by molar-refractivity contribution is 5.81. The average molecular weight is 453 g/mol. The van der Waals surface area contributed by atoms with Crippen LogP contribution in [-0.4, -0.2) is 52.4 Å². The highest BCUT2D eigenvalue weighted by Gasteiger charge is 2.42. The number of fused-ring (bicyclic) bond motifs is 3. The summed E-state index contributed by atoms with van der Waals surface area (Å²) in [4.78, 5) is 37.6. The first-order valence-electron chi connectivity index (χ1n) is 11.0. The van der Waals surface area contributed by atoms with Crippen LogP contribution in [0.4, 0.5) is 9.59 Å². The number of carboxylic acid groups (broad SMARTS) is 1. The van der Waals surface area contributed by atoms with Crippen molar-refractivity contribution in [1.82, 2.24) is 10.2 Å². The van der Waals surface area contributed by atoms with E-state index in [1.165, 1.54) is 11.1 Å². The van der Waals surface area contributed by atoms with Crippen molar-refractivity contribution in [3.05, 3.63) is 59.2 Å². The van der Waals surface area contributed by atoms with Gasteiger partial charge in [0.15, 0.2) is 0 Å². The molecule has 2 N–H and O–H groups in total. The predicted molar refractivity (Wildman–Crippen MR) is 121 cm³/mol. The zero-order valence-electron chi connectivity index (χ0n) is 19.0. The van der Waals surface area contributed by atoms with Gasteiger partial charge in [0, 0.05) is 13.0 Å². The number of aliphatic carboxylic acids is 1. The van der Waals surface area contributed by atoms with Crippen LogP contribution in [0.1, 0.15) is 43.9 Å². The molecule has 4 rings (SSSR count). The van der Waals surface area contributed by atoms with Gasteiger partial charge in [0.2, 0.25) is 0 Å². The van der Waals surface area contributed by atoms with Gasteiger partial charge in [0.25, 0.3) is 0 Å². The van der Waals surface area contributed by atoms with Gasteiger partial charge in [-0.2, -0.15) is 0 Å². The number of hydrogen-bond acceptors (Lipinski definition) is 5. The molecule has 8 heteroatoms. The van der Waals surface area contributed by atoms with Crippen molar-refractivity contribution in [3.8, 4) is 11.1 Å². The lowest BCUT2D eigenvalue weighted by molar-refractivity contribution is -0.142. The molecule has 2 aromatic carbocycles. The lowest BCUT2D eigenvalue weighted by Gasteiger charge is -2.26. The maximum Gasteiger partial charge on any atom is 0.411 e. The number of ether oxygens (including phenoxy) is 2. The lowest BCUT2D eigenvalue weighted by Crippen LogP contribution is -2.44. The van der Waals surface area contributed by atoms with E-state index < -0.39 is 35.8 Å². The number of rotatable bonds is 4. The summed E-state index contributed by atoms with van der Waals surface area (Å²) in [7, 11) is 0. The molecule has 2 atom stereocenters. The second-order valence-corrected chi connectivity index (χ2v) is 9.42. The van der Waals surface area contributed by atoms with Crippen LogP contribution in [0.15, 0.2) is 42.5 Å². The molecule has 1 aliphatic heterocycles. The van der Waals surface area contributed by atoms with Crippen molar-refractivity contribution >= 4 is 18.2 Å². The standard InChI is InChI=1S/C25H28N2O6/c1-25(2,3)33-24(31)27-13-17(12-21(27)22(28)29)26-23(30)32-14-16-8-6-10-19-18-9-5-4-7-15(18)11-20(16)19/h4-10,17,21H,11-14H2,1-3H3,(H,26,30)(H,28,29)/t17-,21+/m1/s1. The SMILES string of the molecule is CC(C)(C)OC(=O)N1C[C@H](NC(=O)OCc2cccc3c2Cc2ccccc2-3)C[C@H]1C(=O)O. The van der Waals surface area contributed by atoms with E-state index in [1.54, 1.807) is 20.8 Å². The largest absolute Gasteiger partial charge is 0.480 e. The van der Waals surface area contributed by atoms with Crippen LogP contribution in [0.5, 0.6) is 0 Å². The first kappa shape index (κ1) is 22.6. The zero-order valence-corrected chi connectivity index (χ0v) is 19.0. The highest BCUT2D eigenvalue weighted by Crippen LogP contribution is 2.38. The van der Waals surface area contributed by atoms with Gasteiger partial charge in [-0.1, -0.05) is 42.5 Å². The van der Waals surface area contributed by atoms with E-state index in [0.717, 1.165) is 28.0 Å². The van der Waals surface area contributed by atoms with Gasteiger partial charge in [-0.05, 0) is 55.0 Å². The summed E-state index contributed by atoms with van der Waals surface area (Å²) in [5.74, 6) is -1.14. The Bertz CT molecular complexity index is 1090. The molecule has 0 saturated carbocycles. The van der Waals surface area contributed by atoms with Crippen LogP contribution in [0, 0.1) is 0 Å². The third kappa shape index (κ3) is 4.94. The molecule has 1 heterocycles. The first-order valence-corrected chi connectivity index (χ1v) is 11.0. The zero-order chi connectivity index (χ0) is 23.8. The fraction of sp³-hybridized carbons (Fsp3) is 0.400. The first-order chi connectivity index (χ1) is 15.6. The maximum absolute atomic E-state index is 12.5. The molecule has 2 amide bonds. The molecule has 33 heavy (non-hydrogen) atoms. The Labute approximate surface area is 192 Å². The van der Waals surface area contributed by atoms with E-state index in [-0.39, 0.29) is 19.6 Å². The van der Waals surface area contributed by atoms with Crippen LogP contribution in [0.25, 0.3) is 11.1 Å². The van der Waals surface area contributed by atoms with Gasteiger partial charge >= 0.3 is 18.2 Å². The molecule has 174 valence electrons. The molecule has 0 aromatic heterocycles. The maximum atomic E-state index is 12.5. The molecular weight excluding hydrogens is 424 g/mol. The quantitative estimate of drug-likeness (QED) is 0.621. The number of nitrogens with one attached hydrogen (secondary N) is 1. The van der Waals surface area contributed by atoms with Gasteiger partial charge in [-0.25, -0.2) is 14.4 Å². The number of carboxylic acids is 1. The Morgan fingerprint density at radius 1 is 1.09 bits per heavy atom. The number of carbonyl (C=O) groups excluding carboxylic acids is 2. The molecule has 0 unspecified atom stereocenters. The third-order valence-electron chi connectivity index (χ3n) is 5.84. The molecule has 0 radical (unpaired) electrons. The second-order valence-electron chi connectivity index (χ2n) is 9.42. The molecule has 0 spiro atoms. The summed E-state index contributed by atoms with van der Waals surface area (Å²) < 4.78 is 10.8. The molecule has 1 fully saturated rings. The minimum absolute atomic E-state index is 0.0387. The van der Waals surface area contributed by atoms with E-state index in [2.05, 4.69) is 23.5 Å². The van der Waals surface area contributed by atoms with E-state index >= 15 is 0 Å². The van der Waals surface area contributed by atoms with Crippen molar-refractivity contribution in [1.29, 1.82) is 0 Å². The van der Waals surface area contributed by atoms with Crippen molar-refractivity contribution in [2.24, 2.45) is 0 Å². The molecule has 1 aliphatic carbocycles. The molecule has 0 bridgehead atoms. The number of alkyl carbamates (subject to hydrolysis) is 1. The Balaban J connectivity index is 1.36. The Kier molecular flexibility index (Phi) is 6.01. The molecule has 2 aromatic rings. The highest BCUT2D eigenvalue weighted by atomic mass is 16.6. The van der Waals surface area contributed by atoms with Crippen LogP contribution >= 0.6 is 0 Å². The average Bonchev–Trinajstić information content (AvgIpc) is 3.33. The Hall–Kier alpha value is -3.55. The Morgan fingerprint density at radius 2 is 1.82 bits per heavy atom. The number of hydrogen-bond donors (Lipinski definition) is 2. The van der Waals surface area contributed by atoms with Gasteiger partial charge < -0.3 is 19.9 Å². The predicted octanol–water partition coefficient (Wildman–Crippen LogP) is 3.95. The third-order valence-corrected chi connectivity index (χ3v) is 5.84. The van der Waals surface area contributed by atoms with Gasteiger partial charge in [-0.3, -0.25) is 4.90 Å². The topological polar surface area (TPSA) is 105 Å². The monoisotopic (exact) mass is 452 g/mol. The van der Waals surface area contributed by atoms with Crippen molar-refractivity contribution < 1.29 is 29.0 Å². The van der Waals surface area contributed by atoms with Crippen molar-refractivity contribution in [3.63, 3.8) is 0 Å². The Morgan fingerprint density at radius 3 is 2.55 bits per heavy atom. The number of amides is 2. The van der Waals surface area contributed by atoms with Crippen LogP contribution < -0.4 is 5.32 Å². The number of likely N-dealkylation sites (tertiary alicyclic amines) is 1. The van der Waals surface area contributed by atoms with Gasteiger partial charge in [0.05, 0.1) is 6.04 Å². The smallest absolute Gasteiger partial charge is 0.411 e. The lowest BCUT2D eigenvalue weighted by atomic mass is 10.0. The van der Waals surface area contributed by atoms with Crippen LogP contribution in [0.3, 0.4) is 0 Å². The van der Waals surface area contributed by atoms with Crippen molar-refractivity contribution in [2.45, 2.75) is 57.9 Å². The summed E-state index contributed by atoms with van der Waals surface area (Å²) in [5.41, 5.74) is 4.93. The van der Waals surface area contributed by atoms with E-state index in [4.69, 9.17) is 9.47 Å². The fourth-order valence-corrected chi connectivity index (χ4v) is 4.41. The molecule has 2 aliphatic rings. The van der Waals surface area contributed by atoms with Crippen LogP contribution in [0.2, 0.25) is 0 Å². The normalized spacial score (nSPS) is 18.9. The van der Waals surface area contributed by atoms with E-state index in [1.807, 2.05) is 24.3 Å². The number of nitrogens with zero attached hydrogens (tertiary/aromatic N) is 1. The molecule has 8 nitrogen and oxygen atoms in total. The summed E-state index contributed by atoms with van der Waals surface area (Å²) in [6, 6.07) is 12.6. The fourth-order valence-electron chi connectivity index (χ4n) is 4.41. The van der Waals surface area contributed by atoms with E-state index in [9.17, 15) is 19.5 Å². The number of carbonyl (C=O) groups is 3. The molecular formula is C25H28N2O6. The summed E-state index contributed by atoms with van der Waals surface area (Å²) in [6.07, 6.45) is -0.490. The van der Waals surface area contributed by atoms with Crippen LogP contribution in [-0.2, 0) is 27.3 Å². The second kappa shape index (κ2) is 8.77. The minimum Gasteiger partial charge on any atom is -0.480 e. The summed E-state index contributed by atoms with van der Waals surface area (Å²) in [5, 5.41) is 12.2. The molecule has 1 saturated heterocycles. The summed E-state index contributed by atoms with van der Waals surface area (Å²) in [6.45, 7) is 5.28. The minimum atomic E-state index is -1.14. The van der Waals surface area contributed by atoms with Crippen molar-refractivity contribution in [2.75, 3.05) is 6.54 Å². The summed E-state index contributed by atoms with van der Waals surface area (Å²) >= 11 is 0.